The minimum Gasteiger partial charge on any atom is -0.479 e. The van der Waals surface area contributed by atoms with Gasteiger partial charge >= 0.3 is 6.18 Å². The number of carbonyl (C=O) groups is 3. The van der Waals surface area contributed by atoms with Crippen molar-refractivity contribution < 1.29 is 32.3 Å². The topological polar surface area (TPSA) is 75.7 Å². The van der Waals surface area contributed by atoms with Gasteiger partial charge in [-0.25, -0.2) is 0 Å². The van der Waals surface area contributed by atoms with Crippen LogP contribution in [0.25, 0.3) is 6.08 Å². The molecule has 0 saturated carbocycles. The first-order valence-electron chi connectivity index (χ1n) is 9.27. The molecule has 3 rings (SSSR count). The fourth-order valence-corrected chi connectivity index (χ4v) is 5.11. The minimum atomic E-state index is -4.58. The molecule has 1 fully saturated rings. The minimum absolute atomic E-state index is 0.0536. The van der Waals surface area contributed by atoms with E-state index >= 15 is 0 Å². The molecule has 2 aromatic carbocycles. The number of halogens is 5. The number of ether oxygens (including phenoxy) is 1. The Hall–Kier alpha value is -2.75. The van der Waals surface area contributed by atoms with E-state index in [1.165, 1.54) is 12.1 Å². The molecule has 2 aromatic rings. The van der Waals surface area contributed by atoms with Gasteiger partial charge in [0, 0.05) is 5.69 Å². The molecule has 0 aliphatic carbocycles. The van der Waals surface area contributed by atoms with Crippen LogP contribution in [0, 0.1) is 12.3 Å². The Labute approximate surface area is 213 Å². The molecule has 0 spiro atoms. The summed E-state index contributed by atoms with van der Waals surface area (Å²) in [6.07, 6.45) is 2.08. The van der Waals surface area contributed by atoms with Crippen molar-refractivity contribution in [3.05, 3.63) is 61.4 Å². The van der Waals surface area contributed by atoms with Crippen LogP contribution < -0.4 is 10.1 Å². The van der Waals surface area contributed by atoms with E-state index < -0.39 is 35.3 Å². The van der Waals surface area contributed by atoms with Crippen LogP contribution in [0.1, 0.15) is 11.1 Å². The van der Waals surface area contributed by atoms with Crippen molar-refractivity contribution in [3.63, 3.8) is 0 Å². The first-order valence-corrected chi connectivity index (χ1v) is 11.7. The summed E-state index contributed by atoms with van der Waals surface area (Å²) in [5.74, 6) is 1.30. The second-order valence-electron chi connectivity index (χ2n) is 6.70. The lowest BCUT2D eigenvalue weighted by Gasteiger charge is -2.13. The highest BCUT2D eigenvalue weighted by molar-refractivity contribution is 9.11. The Morgan fingerprint density at radius 1 is 1.21 bits per heavy atom. The Balaban J connectivity index is 1.72. The molecule has 0 radical (unpaired) electrons. The van der Waals surface area contributed by atoms with Gasteiger partial charge in [0.1, 0.15) is 18.9 Å². The van der Waals surface area contributed by atoms with E-state index in [9.17, 15) is 27.6 Å². The third-order valence-corrected chi connectivity index (χ3v) is 6.35. The van der Waals surface area contributed by atoms with Crippen LogP contribution in [0.5, 0.6) is 5.75 Å². The monoisotopic (exact) mass is 616 g/mol. The quantitative estimate of drug-likeness (QED) is 0.322. The summed E-state index contributed by atoms with van der Waals surface area (Å²) in [5, 5.41) is 1.59. The highest BCUT2D eigenvalue weighted by Gasteiger charge is 2.36. The molecular formula is C22H13Br2F3N2O4S. The van der Waals surface area contributed by atoms with Gasteiger partial charge in [0.25, 0.3) is 11.1 Å². The normalized spacial score (nSPS) is 14.9. The summed E-state index contributed by atoms with van der Waals surface area (Å²) in [4.78, 5) is 38.1. The largest absolute Gasteiger partial charge is 0.479 e. The van der Waals surface area contributed by atoms with Crippen molar-refractivity contribution in [3.8, 4) is 18.1 Å². The molecule has 1 N–H and O–H groups in total. The molecule has 0 bridgehead atoms. The van der Waals surface area contributed by atoms with Crippen molar-refractivity contribution in [1.82, 2.24) is 4.90 Å². The van der Waals surface area contributed by atoms with Gasteiger partial charge in [0.2, 0.25) is 5.91 Å². The van der Waals surface area contributed by atoms with Crippen molar-refractivity contribution in [2.45, 2.75) is 6.18 Å². The van der Waals surface area contributed by atoms with Gasteiger partial charge in [-0.15, -0.1) is 6.42 Å². The molecule has 0 atom stereocenters. The number of rotatable bonds is 6. The SMILES string of the molecule is C#CCOc1c(Br)cc(/C=C2\SC(=O)N(CC(=O)Nc3cccc(C(F)(F)F)c3)C2=O)cc1Br. The zero-order valence-electron chi connectivity index (χ0n) is 16.9. The first-order chi connectivity index (χ1) is 16.0. The zero-order chi connectivity index (χ0) is 25.0. The standard InChI is InChI=1S/C22H13Br2F3N2O4S/c1-2-6-33-19-15(23)7-12(8-16(19)24)9-17-20(31)29(21(32)34-17)11-18(30)28-14-5-3-4-13(10-14)22(25,26)27/h1,3-5,7-10H,6,11H2,(H,28,30)/b17-9-. The molecule has 1 heterocycles. The summed E-state index contributed by atoms with van der Waals surface area (Å²) in [7, 11) is 0. The van der Waals surface area contributed by atoms with E-state index in [-0.39, 0.29) is 17.2 Å². The number of benzene rings is 2. The van der Waals surface area contributed by atoms with Gasteiger partial charge < -0.3 is 10.1 Å². The van der Waals surface area contributed by atoms with Gasteiger partial charge in [-0.05, 0) is 85.6 Å². The Morgan fingerprint density at radius 2 is 1.88 bits per heavy atom. The molecule has 176 valence electrons. The lowest BCUT2D eigenvalue weighted by atomic mass is 10.2. The smallest absolute Gasteiger partial charge is 0.416 e. The summed E-state index contributed by atoms with van der Waals surface area (Å²) in [6.45, 7) is -0.595. The van der Waals surface area contributed by atoms with Gasteiger partial charge in [-0.2, -0.15) is 13.2 Å². The van der Waals surface area contributed by atoms with Crippen LogP contribution in [-0.2, 0) is 15.8 Å². The maximum Gasteiger partial charge on any atom is 0.416 e. The molecule has 3 amide bonds. The third-order valence-electron chi connectivity index (χ3n) is 4.27. The Morgan fingerprint density at radius 3 is 2.50 bits per heavy atom. The average molecular weight is 618 g/mol. The highest BCUT2D eigenvalue weighted by atomic mass is 79.9. The molecule has 0 unspecified atom stereocenters. The number of alkyl halides is 3. The Bertz CT molecular complexity index is 1220. The maximum atomic E-state index is 12.8. The summed E-state index contributed by atoms with van der Waals surface area (Å²) >= 11 is 7.35. The third kappa shape index (κ3) is 6.22. The van der Waals surface area contributed by atoms with Crippen molar-refractivity contribution in [2.75, 3.05) is 18.5 Å². The number of hydrogen-bond donors (Lipinski definition) is 1. The molecule has 6 nitrogen and oxygen atoms in total. The molecule has 34 heavy (non-hydrogen) atoms. The number of anilines is 1. The average Bonchev–Trinajstić information content (AvgIpc) is 3.00. The molecular weight excluding hydrogens is 605 g/mol. The number of terminal acetylenes is 1. The summed E-state index contributed by atoms with van der Waals surface area (Å²) < 4.78 is 45.1. The van der Waals surface area contributed by atoms with E-state index in [1.807, 2.05) is 0 Å². The second kappa shape index (κ2) is 10.7. The molecule has 1 aliphatic rings. The number of imide groups is 1. The van der Waals surface area contributed by atoms with E-state index in [0.717, 1.165) is 18.2 Å². The van der Waals surface area contributed by atoms with Crippen LogP contribution in [0.2, 0.25) is 0 Å². The summed E-state index contributed by atoms with van der Waals surface area (Å²) in [5.41, 5.74) is -0.484. The van der Waals surface area contributed by atoms with Crippen LogP contribution in [0.15, 0.2) is 50.2 Å². The van der Waals surface area contributed by atoms with Crippen LogP contribution in [-0.4, -0.2) is 35.1 Å². The van der Waals surface area contributed by atoms with Crippen molar-refractivity contribution in [2.24, 2.45) is 0 Å². The fraction of sp³-hybridized carbons (Fsp3) is 0.136. The van der Waals surface area contributed by atoms with Crippen LogP contribution in [0.3, 0.4) is 0 Å². The van der Waals surface area contributed by atoms with Crippen molar-refractivity contribution in [1.29, 1.82) is 0 Å². The predicted octanol–water partition coefficient (Wildman–Crippen LogP) is 5.92. The van der Waals surface area contributed by atoms with Gasteiger partial charge in [0.15, 0.2) is 0 Å². The van der Waals surface area contributed by atoms with Gasteiger partial charge in [-0.3, -0.25) is 19.3 Å². The first kappa shape index (κ1) is 25.9. The summed E-state index contributed by atoms with van der Waals surface area (Å²) in [6, 6.07) is 7.35. The van der Waals surface area contributed by atoms with Crippen LogP contribution >= 0.6 is 43.6 Å². The number of carbonyl (C=O) groups excluding carboxylic acids is 3. The lowest BCUT2D eigenvalue weighted by Crippen LogP contribution is -2.36. The number of nitrogens with one attached hydrogen (secondary N) is 1. The molecule has 0 aromatic heterocycles. The van der Waals surface area contributed by atoms with E-state index in [2.05, 4.69) is 43.1 Å². The number of thioether (sulfide) groups is 1. The number of hydrogen-bond acceptors (Lipinski definition) is 5. The Kier molecular flexibility index (Phi) is 8.12. The van der Waals surface area contributed by atoms with E-state index in [0.29, 0.717) is 36.9 Å². The zero-order valence-corrected chi connectivity index (χ0v) is 20.9. The molecule has 1 aliphatic heterocycles. The fourth-order valence-electron chi connectivity index (χ4n) is 2.82. The molecule has 12 heteroatoms. The van der Waals surface area contributed by atoms with Crippen molar-refractivity contribution >= 4 is 72.4 Å². The highest BCUT2D eigenvalue weighted by Crippen LogP contribution is 2.38. The predicted molar refractivity (Wildman–Crippen MR) is 129 cm³/mol. The molecule has 1 saturated heterocycles. The van der Waals surface area contributed by atoms with Crippen LogP contribution in [0.4, 0.5) is 23.7 Å². The number of nitrogens with zero attached hydrogens (tertiary/aromatic N) is 1. The second-order valence-corrected chi connectivity index (χ2v) is 9.40. The van der Waals surface area contributed by atoms with E-state index in [4.69, 9.17) is 11.2 Å². The maximum absolute atomic E-state index is 12.8. The van der Waals surface area contributed by atoms with E-state index in [1.54, 1.807) is 12.1 Å². The van der Waals surface area contributed by atoms with Gasteiger partial charge in [0.05, 0.1) is 19.4 Å². The van der Waals surface area contributed by atoms with Gasteiger partial charge in [-0.1, -0.05) is 12.0 Å². The number of amides is 3. The lowest BCUT2D eigenvalue weighted by molar-refractivity contribution is -0.137.